The summed E-state index contributed by atoms with van der Waals surface area (Å²) in [5, 5.41) is 3.20. The minimum absolute atomic E-state index is 0. The topological polar surface area (TPSA) is 62.6 Å². The van der Waals surface area contributed by atoms with E-state index in [1.165, 1.54) is 6.92 Å². The molecule has 1 N–H and O–H groups in total. The Morgan fingerprint density at radius 2 is 2.12 bits per heavy atom. The van der Waals surface area contributed by atoms with Crippen molar-refractivity contribution in [2.75, 3.05) is 26.2 Å². The van der Waals surface area contributed by atoms with E-state index in [4.69, 9.17) is 4.42 Å². The maximum absolute atomic E-state index is 12.6. The van der Waals surface area contributed by atoms with Crippen LogP contribution in [0.15, 0.2) is 15.3 Å². The lowest BCUT2D eigenvalue weighted by molar-refractivity contribution is -0.140. The van der Waals surface area contributed by atoms with Crippen molar-refractivity contribution in [3.05, 3.63) is 33.4 Å². The minimum Gasteiger partial charge on any atom is -0.427 e. The van der Waals surface area contributed by atoms with Gasteiger partial charge in [0.1, 0.15) is 17.9 Å². The van der Waals surface area contributed by atoms with Crippen LogP contribution in [0.5, 0.6) is 0 Å². The second-order valence-electron chi connectivity index (χ2n) is 5.97. The van der Waals surface area contributed by atoms with Crippen LogP contribution in [-0.4, -0.2) is 43.2 Å². The number of aryl methyl sites for hydroxylation is 1. The summed E-state index contributed by atoms with van der Waals surface area (Å²) < 4.78 is 43.0. The molecule has 25 heavy (non-hydrogen) atoms. The highest BCUT2D eigenvalue weighted by molar-refractivity contribution is 5.95. The molecular weight excluding hydrogens is 361 g/mol. The highest BCUT2D eigenvalue weighted by atomic mass is 35.5. The Balaban J connectivity index is 0.00000312. The van der Waals surface area contributed by atoms with Crippen LogP contribution < -0.4 is 10.9 Å². The largest absolute Gasteiger partial charge is 0.427 e. The van der Waals surface area contributed by atoms with E-state index in [0.29, 0.717) is 22.8 Å². The normalized spacial score (nSPS) is 17.7. The molecule has 142 valence electrons. The Hall–Kier alpha value is -1.54. The number of nitrogens with one attached hydrogen (secondary N) is 1. The smallest absolute Gasteiger partial charge is 0.406 e. The van der Waals surface area contributed by atoms with E-state index in [1.54, 1.807) is 13.0 Å². The highest BCUT2D eigenvalue weighted by Crippen LogP contribution is 2.24. The van der Waals surface area contributed by atoms with E-state index in [1.807, 2.05) is 0 Å². The lowest BCUT2D eigenvalue weighted by atomic mass is 9.95. The first-order chi connectivity index (χ1) is 11.2. The van der Waals surface area contributed by atoms with E-state index in [9.17, 15) is 22.8 Å². The van der Waals surface area contributed by atoms with Crippen LogP contribution in [0.2, 0.25) is 0 Å². The van der Waals surface area contributed by atoms with Gasteiger partial charge in [-0.05, 0) is 44.9 Å². The first kappa shape index (κ1) is 21.5. The Bertz CT molecular complexity index is 655. The average molecular weight is 383 g/mol. The summed E-state index contributed by atoms with van der Waals surface area (Å²) in [6.07, 6.45) is -2.71. The molecule has 1 fully saturated rings. The van der Waals surface area contributed by atoms with E-state index < -0.39 is 24.3 Å². The van der Waals surface area contributed by atoms with Gasteiger partial charge in [0.25, 0.3) is 5.91 Å². The maximum Gasteiger partial charge on any atom is 0.406 e. The van der Waals surface area contributed by atoms with Crippen LogP contribution in [0.3, 0.4) is 0 Å². The van der Waals surface area contributed by atoms with Gasteiger partial charge in [-0.1, -0.05) is 0 Å². The molecule has 0 aromatic carbocycles. The molecule has 1 aliphatic heterocycles. The molecule has 0 aliphatic carbocycles. The summed E-state index contributed by atoms with van der Waals surface area (Å²) in [4.78, 5) is 25.1. The lowest BCUT2D eigenvalue weighted by Gasteiger charge is -2.24. The van der Waals surface area contributed by atoms with Gasteiger partial charge in [-0.15, -0.1) is 12.4 Å². The molecule has 1 amide bonds. The Kier molecular flexibility index (Phi) is 7.49. The zero-order valence-electron chi connectivity index (χ0n) is 14.1. The van der Waals surface area contributed by atoms with E-state index in [-0.39, 0.29) is 30.4 Å². The number of nitrogens with zero attached hydrogens (tertiary/aromatic N) is 1. The third kappa shape index (κ3) is 5.47. The average Bonchev–Trinajstić information content (AvgIpc) is 2.51. The van der Waals surface area contributed by atoms with Crippen molar-refractivity contribution < 1.29 is 22.4 Å². The van der Waals surface area contributed by atoms with Gasteiger partial charge in [0.2, 0.25) is 0 Å². The Morgan fingerprint density at radius 1 is 1.44 bits per heavy atom. The Labute approximate surface area is 150 Å². The molecule has 1 aliphatic rings. The number of piperidine rings is 1. The predicted molar refractivity (Wildman–Crippen MR) is 89.4 cm³/mol. The third-order valence-corrected chi connectivity index (χ3v) is 4.12. The lowest BCUT2D eigenvalue weighted by Crippen LogP contribution is -2.41. The van der Waals surface area contributed by atoms with Crippen molar-refractivity contribution in [2.24, 2.45) is 0 Å². The van der Waals surface area contributed by atoms with Crippen LogP contribution in [0.25, 0.3) is 0 Å². The molecule has 2 rings (SSSR count). The van der Waals surface area contributed by atoms with Gasteiger partial charge < -0.3 is 14.6 Å². The SMILES string of the molecule is CCN(CC(F)(F)F)C(=O)c1c(C)cc(C2CCCNC2)oc1=O.Cl. The van der Waals surface area contributed by atoms with Gasteiger partial charge in [0.15, 0.2) is 0 Å². The molecule has 5 nitrogen and oxygen atoms in total. The van der Waals surface area contributed by atoms with Crippen molar-refractivity contribution in [2.45, 2.75) is 38.8 Å². The highest BCUT2D eigenvalue weighted by Gasteiger charge is 2.34. The molecule has 1 atom stereocenters. The molecular formula is C16H22ClF3N2O3. The summed E-state index contributed by atoms with van der Waals surface area (Å²) in [6.45, 7) is 3.01. The van der Waals surface area contributed by atoms with Crippen LogP contribution in [-0.2, 0) is 0 Å². The van der Waals surface area contributed by atoms with Gasteiger partial charge in [-0.3, -0.25) is 4.79 Å². The number of rotatable bonds is 4. The van der Waals surface area contributed by atoms with Crippen LogP contribution >= 0.6 is 12.4 Å². The van der Waals surface area contributed by atoms with Crippen LogP contribution in [0.1, 0.15) is 47.4 Å². The zero-order valence-corrected chi connectivity index (χ0v) is 14.9. The summed E-state index contributed by atoms with van der Waals surface area (Å²) in [6, 6.07) is 1.59. The summed E-state index contributed by atoms with van der Waals surface area (Å²) in [5.74, 6) is -0.443. The molecule has 1 unspecified atom stereocenters. The van der Waals surface area contributed by atoms with Crippen LogP contribution in [0, 0.1) is 6.92 Å². The van der Waals surface area contributed by atoms with Gasteiger partial charge in [0, 0.05) is 19.0 Å². The molecule has 0 saturated carbocycles. The van der Waals surface area contributed by atoms with Crippen molar-refractivity contribution >= 4 is 18.3 Å². The predicted octanol–water partition coefficient (Wildman–Crippen LogP) is 2.86. The zero-order chi connectivity index (χ0) is 17.9. The second kappa shape index (κ2) is 8.71. The summed E-state index contributed by atoms with van der Waals surface area (Å²) in [5.41, 5.74) is -0.854. The van der Waals surface area contributed by atoms with Gasteiger partial charge in [-0.25, -0.2) is 4.79 Å². The number of carbonyl (C=O) groups excluding carboxylic acids is 1. The Morgan fingerprint density at radius 3 is 2.60 bits per heavy atom. The number of carbonyl (C=O) groups is 1. The first-order valence-corrected chi connectivity index (χ1v) is 7.94. The summed E-state index contributed by atoms with van der Waals surface area (Å²) in [7, 11) is 0. The minimum atomic E-state index is -4.52. The van der Waals surface area contributed by atoms with Crippen LogP contribution in [0.4, 0.5) is 13.2 Å². The fourth-order valence-corrected chi connectivity index (χ4v) is 2.89. The fourth-order valence-electron chi connectivity index (χ4n) is 2.89. The van der Waals surface area contributed by atoms with Gasteiger partial charge in [-0.2, -0.15) is 13.2 Å². The van der Waals surface area contributed by atoms with Gasteiger partial charge in [0.05, 0.1) is 0 Å². The molecule has 0 radical (unpaired) electrons. The molecule has 0 spiro atoms. The number of hydrogen-bond acceptors (Lipinski definition) is 4. The fraction of sp³-hybridized carbons (Fsp3) is 0.625. The summed E-state index contributed by atoms with van der Waals surface area (Å²) >= 11 is 0. The van der Waals surface area contributed by atoms with E-state index >= 15 is 0 Å². The third-order valence-electron chi connectivity index (χ3n) is 4.12. The standard InChI is InChI=1S/C16H21F3N2O3.ClH/c1-3-21(9-16(17,18)19)14(22)13-10(2)7-12(24-15(13)23)11-5-4-6-20-8-11;/h7,11,20H,3-6,8-9H2,1-2H3;1H. The first-order valence-electron chi connectivity index (χ1n) is 7.94. The van der Waals surface area contributed by atoms with Gasteiger partial charge >= 0.3 is 11.8 Å². The molecule has 1 saturated heterocycles. The molecule has 2 heterocycles. The number of alkyl halides is 3. The van der Waals surface area contributed by atoms with E-state index in [2.05, 4.69) is 5.32 Å². The molecule has 1 aromatic rings. The van der Waals surface area contributed by atoms with Crippen molar-refractivity contribution in [3.63, 3.8) is 0 Å². The molecule has 1 aromatic heterocycles. The van der Waals surface area contributed by atoms with Crippen molar-refractivity contribution in [3.8, 4) is 0 Å². The number of hydrogen-bond donors (Lipinski definition) is 1. The van der Waals surface area contributed by atoms with Crippen molar-refractivity contribution in [1.29, 1.82) is 0 Å². The second-order valence-corrected chi connectivity index (χ2v) is 5.97. The number of amides is 1. The van der Waals surface area contributed by atoms with E-state index in [0.717, 1.165) is 19.4 Å². The molecule has 9 heteroatoms. The maximum atomic E-state index is 12.6. The monoisotopic (exact) mass is 382 g/mol. The van der Waals surface area contributed by atoms with Crippen molar-refractivity contribution in [1.82, 2.24) is 10.2 Å². The quantitative estimate of drug-likeness (QED) is 0.869. The molecule has 0 bridgehead atoms. The number of halogens is 4.